The summed E-state index contributed by atoms with van der Waals surface area (Å²) in [6.07, 6.45) is 1.79. The minimum atomic E-state index is 0.124. The summed E-state index contributed by atoms with van der Waals surface area (Å²) < 4.78 is 0. The van der Waals surface area contributed by atoms with Crippen molar-refractivity contribution < 1.29 is 0 Å². The van der Waals surface area contributed by atoms with Crippen molar-refractivity contribution >= 4 is 17.3 Å². The number of hydrogen-bond acceptors (Lipinski definition) is 5. The third-order valence-corrected chi connectivity index (χ3v) is 5.24. The van der Waals surface area contributed by atoms with Crippen LogP contribution in [-0.2, 0) is 0 Å². The third-order valence-electron chi connectivity index (χ3n) is 4.39. The lowest BCUT2D eigenvalue weighted by molar-refractivity contribution is 0.861. The molecule has 0 saturated carbocycles. The second-order valence-corrected chi connectivity index (χ2v) is 7.30. The van der Waals surface area contributed by atoms with Crippen LogP contribution in [0.2, 0.25) is 0 Å². The lowest BCUT2D eigenvalue weighted by Gasteiger charge is -2.14. The van der Waals surface area contributed by atoms with Crippen LogP contribution >= 0.6 is 11.3 Å². The summed E-state index contributed by atoms with van der Waals surface area (Å²) in [5, 5.41) is 3.39. The first kappa shape index (κ1) is 17.4. The van der Waals surface area contributed by atoms with Crippen LogP contribution in [0.3, 0.4) is 0 Å². The number of anilines is 1. The highest BCUT2D eigenvalue weighted by atomic mass is 32.1. The van der Waals surface area contributed by atoms with E-state index in [4.69, 9.17) is 4.98 Å². The maximum absolute atomic E-state index is 4.74. The second-order valence-electron chi connectivity index (χ2n) is 6.44. The Morgan fingerprint density at radius 1 is 0.963 bits per heavy atom. The van der Waals surface area contributed by atoms with E-state index in [2.05, 4.69) is 65.5 Å². The highest BCUT2D eigenvalue weighted by molar-refractivity contribution is 7.13. The van der Waals surface area contributed by atoms with Gasteiger partial charge in [0.25, 0.3) is 0 Å². The van der Waals surface area contributed by atoms with Gasteiger partial charge < -0.3 is 5.32 Å². The molecule has 5 heteroatoms. The SMILES string of the molecule is Cc1cccc(-c2ncsc2-c2ccnc(N[C@@H](C)c3ccccc3)n2)c1. The predicted octanol–water partition coefficient (Wildman–Crippen LogP) is 5.75. The molecule has 0 unspecified atom stereocenters. The van der Waals surface area contributed by atoms with E-state index in [-0.39, 0.29) is 6.04 Å². The van der Waals surface area contributed by atoms with Crippen LogP contribution < -0.4 is 5.32 Å². The standard InChI is InChI=1S/C22H20N4S/c1-15-7-6-10-18(13-15)20-21(27-14-24-20)19-11-12-23-22(26-19)25-16(2)17-8-4-3-5-9-17/h3-14,16H,1-2H3,(H,23,25,26)/t16-/m0/s1. The second kappa shape index (κ2) is 7.68. The zero-order chi connectivity index (χ0) is 18.6. The van der Waals surface area contributed by atoms with Crippen molar-refractivity contribution in [1.29, 1.82) is 0 Å². The largest absolute Gasteiger partial charge is 0.348 e. The van der Waals surface area contributed by atoms with Crippen LogP contribution in [0.25, 0.3) is 21.8 Å². The Kier molecular flexibility index (Phi) is 4.94. The molecule has 2 heterocycles. The van der Waals surface area contributed by atoms with Gasteiger partial charge in [0.15, 0.2) is 0 Å². The highest BCUT2D eigenvalue weighted by Crippen LogP contribution is 2.34. The number of aromatic nitrogens is 3. The van der Waals surface area contributed by atoms with Crippen molar-refractivity contribution in [3.05, 3.63) is 83.5 Å². The summed E-state index contributed by atoms with van der Waals surface area (Å²) in [7, 11) is 0. The van der Waals surface area contributed by atoms with Gasteiger partial charge in [0.1, 0.15) is 0 Å². The Bertz CT molecular complexity index is 1040. The molecule has 134 valence electrons. The van der Waals surface area contributed by atoms with Gasteiger partial charge in [-0.25, -0.2) is 15.0 Å². The molecule has 4 nitrogen and oxygen atoms in total. The Morgan fingerprint density at radius 3 is 2.63 bits per heavy atom. The Labute approximate surface area is 163 Å². The van der Waals surface area contributed by atoms with Crippen molar-refractivity contribution in [3.8, 4) is 21.8 Å². The average molecular weight is 372 g/mol. The lowest BCUT2D eigenvalue weighted by atomic mass is 10.1. The summed E-state index contributed by atoms with van der Waals surface area (Å²) in [5.41, 5.74) is 7.24. The maximum Gasteiger partial charge on any atom is 0.223 e. The number of rotatable bonds is 5. The third kappa shape index (κ3) is 3.88. The molecule has 1 atom stereocenters. The van der Waals surface area contributed by atoms with Crippen LogP contribution in [0.4, 0.5) is 5.95 Å². The molecule has 0 aliphatic carbocycles. The smallest absolute Gasteiger partial charge is 0.223 e. The number of aryl methyl sites for hydroxylation is 1. The van der Waals surface area contributed by atoms with Gasteiger partial charge in [0.2, 0.25) is 5.95 Å². The minimum absolute atomic E-state index is 0.124. The van der Waals surface area contributed by atoms with Crippen LogP contribution in [0.5, 0.6) is 0 Å². The van der Waals surface area contributed by atoms with Gasteiger partial charge in [-0.05, 0) is 31.5 Å². The van der Waals surface area contributed by atoms with Crippen LogP contribution in [-0.4, -0.2) is 15.0 Å². The van der Waals surface area contributed by atoms with E-state index in [1.807, 2.05) is 29.8 Å². The molecule has 0 saturated heterocycles. The maximum atomic E-state index is 4.74. The van der Waals surface area contributed by atoms with Crippen molar-refractivity contribution in [2.24, 2.45) is 0 Å². The molecule has 27 heavy (non-hydrogen) atoms. The van der Waals surface area contributed by atoms with E-state index in [1.165, 1.54) is 11.1 Å². The first-order chi connectivity index (χ1) is 13.2. The van der Waals surface area contributed by atoms with Gasteiger partial charge in [-0.3, -0.25) is 0 Å². The van der Waals surface area contributed by atoms with E-state index < -0.39 is 0 Å². The fraction of sp³-hybridized carbons (Fsp3) is 0.136. The molecule has 4 aromatic rings. The first-order valence-corrected chi connectivity index (χ1v) is 9.74. The molecule has 2 aromatic heterocycles. The predicted molar refractivity (Wildman–Crippen MR) is 112 cm³/mol. The summed E-state index contributed by atoms with van der Waals surface area (Å²) in [6, 6.07) is 20.7. The molecular formula is C22H20N4S. The van der Waals surface area contributed by atoms with E-state index in [0.717, 1.165) is 21.8 Å². The van der Waals surface area contributed by atoms with E-state index in [0.29, 0.717) is 5.95 Å². The minimum Gasteiger partial charge on any atom is -0.348 e. The van der Waals surface area contributed by atoms with Crippen LogP contribution in [0, 0.1) is 6.92 Å². The van der Waals surface area contributed by atoms with Crippen LogP contribution in [0.15, 0.2) is 72.4 Å². The number of hydrogen-bond donors (Lipinski definition) is 1. The lowest BCUT2D eigenvalue weighted by Crippen LogP contribution is -2.09. The van der Waals surface area contributed by atoms with E-state index in [9.17, 15) is 0 Å². The van der Waals surface area contributed by atoms with Gasteiger partial charge >= 0.3 is 0 Å². The summed E-state index contributed by atoms with van der Waals surface area (Å²) in [4.78, 5) is 14.8. The van der Waals surface area contributed by atoms with Gasteiger partial charge in [-0.1, -0.05) is 54.1 Å². The number of nitrogens with zero attached hydrogens (tertiary/aromatic N) is 3. The molecule has 2 aromatic carbocycles. The average Bonchev–Trinajstić information content (AvgIpc) is 3.19. The van der Waals surface area contributed by atoms with Gasteiger partial charge in [-0.15, -0.1) is 11.3 Å². The molecule has 0 aliphatic heterocycles. The fourth-order valence-corrected chi connectivity index (χ4v) is 3.78. The van der Waals surface area contributed by atoms with Gasteiger partial charge in [0.05, 0.1) is 27.8 Å². The van der Waals surface area contributed by atoms with Gasteiger partial charge in [0, 0.05) is 11.8 Å². The number of thiazole rings is 1. The molecule has 0 radical (unpaired) electrons. The van der Waals surface area contributed by atoms with Crippen molar-refractivity contribution in [2.45, 2.75) is 19.9 Å². The summed E-state index contributed by atoms with van der Waals surface area (Å²) in [6.45, 7) is 4.20. The summed E-state index contributed by atoms with van der Waals surface area (Å²) in [5.74, 6) is 0.618. The molecule has 0 bridgehead atoms. The molecule has 0 amide bonds. The Morgan fingerprint density at radius 2 is 1.81 bits per heavy atom. The van der Waals surface area contributed by atoms with Crippen molar-refractivity contribution in [1.82, 2.24) is 15.0 Å². The molecule has 0 aliphatic rings. The highest BCUT2D eigenvalue weighted by Gasteiger charge is 2.14. The monoisotopic (exact) mass is 372 g/mol. The Hall–Kier alpha value is -3.05. The molecule has 0 spiro atoms. The quantitative estimate of drug-likeness (QED) is 0.485. The fourth-order valence-electron chi connectivity index (χ4n) is 3.00. The topological polar surface area (TPSA) is 50.7 Å². The van der Waals surface area contributed by atoms with E-state index in [1.54, 1.807) is 17.5 Å². The normalized spacial score (nSPS) is 11.9. The molecular weight excluding hydrogens is 352 g/mol. The van der Waals surface area contributed by atoms with Crippen molar-refractivity contribution in [2.75, 3.05) is 5.32 Å². The zero-order valence-corrected chi connectivity index (χ0v) is 16.1. The Balaban J connectivity index is 1.63. The van der Waals surface area contributed by atoms with Gasteiger partial charge in [-0.2, -0.15) is 0 Å². The summed E-state index contributed by atoms with van der Waals surface area (Å²) >= 11 is 1.60. The number of nitrogens with one attached hydrogen (secondary N) is 1. The van der Waals surface area contributed by atoms with Crippen molar-refractivity contribution in [3.63, 3.8) is 0 Å². The molecule has 4 rings (SSSR count). The van der Waals surface area contributed by atoms with Crippen LogP contribution in [0.1, 0.15) is 24.1 Å². The molecule has 0 fully saturated rings. The first-order valence-electron chi connectivity index (χ1n) is 8.86. The number of benzene rings is 2. The zero-order valence-electron chi connectivity index (χ0n) is 15.3. The van der Waals surface area contributed by atoms with E-state index >= 15 is 0 Å². The molecule has 1 N–H and O–H groups in total.